The molecule has 2 N–H and O–H groups in total. The molecule has 0 heterocycles. The Morgan fingerprint density at radius 1 is 0.960 bits per heavy atom. The first-order chi connectivity index (χ1) is 12.0. The van der Waals surface area contributed by atoms with Gasteiger partial charge >= 0.3 is 0 Å². The average Bonchev–Trinajstić information content (AvgIpc) is 2.60. The van der Waals surface area contributed by atoms with Crippen LogP contribution in [0.1, 0.15) is 42.7 Å². The third kappa shape index (κ3) is 5.95. The standard InChI is InChI=1S/C20H24N2O3/c1-14(2)25-18-11-9-16(10-12-18)15(3)22-19(23)13-21-20(24)17-7-5-4-6-8-17/h4-12,14-15H,13H2,1-3H3,(H,21,24)(H,22,23). The zero-order chi connectivity index (χ0) is 18.2. The number of benzene rings is 2. The molecule has 1 atom stereocenters. The molecule has 0 radical (unpaired) electrons. The summed E-state index contributed by atoms with van der Waals surface area (Å²) in [7, 11) is 0. The highest BCUT2D eigenvalue weighted by atomic mass is 16.5. The number of ether oxygens (including phenoxy) is 1. The Kier molecular flexibility index (Phi) is 6.57. The molecule has 0 fully saturated rings. The molecule has 0 aliphatic heterocycles. The Balaban J connectivity index is 1.82. The molecule has 25 heavy (non-hydrogen) atoms. The van der Waals surface area contributed by atoms with E-state index in [1.54, 1.807) is 24.3 Å². The second-order valence-corrected chi connectivity index (χ2v) is 6.07. The summed E-state index contributed by atoms with van der Waals surface area (Å²) in [5.74, 6) is 0.297. The van der Waals surface area contributed by atoms with Crippen LogP contribution in [0.3, 0.4) is 0 Å². The van der Waals surface area contributed by atoms with Gasteiger partial charge in [-0.3, -0.25) is 9.59 Å². The van der Waals surface area contributed by atoms with Crippen molar-refractivity contribution in [1.29, 1.82) is 0 Å². The fourth-order valence-corrected chi connectivity index (χ4v) is 2.34. The minimum Gasteiger partial charge on any atom is -0.491 e. The van der Waals surface area contributed by atoms with Crippen LogP contribution in [0, 0.1) is 0 Å². The summed E-state index contributed by atoms with van der Waals surface area (Å²) in [5.41, 5.74) is 1.50. The number of carbonyl (C=O) groups is 2. The average molecular weight is 340 g/mol. The summed E-state index contributed by atoms with van der Waals surface area (Å²) >= 11 is 0. The van der Waals surface area contributed by atoms with Gasteiger partial charge in [0.05, 0.1) is 18.7 Å². The van der Waals surface area contributed by atoms with Crippen LogP contribution in [0.4, 0.5) is 0 Å². The van der Waals surface area contributed by atoms with Crippen LogP contribution in [0.2, 0.25) is 0 Å². The molecule has 5 nitrogen and oxygen atoms in total. The molecule has 0 saturated heterocycles. The van der Waals surface area contributed by atoms with Crippen LogP contribution in [0.25, 0.3) is 0 Å². The van der Waals surface area contributed by atoms with E-state index in [-0.39, 0.29) is 30.5 Å². The predicted molar refractivity (Wildman–Crippen MR) is 97.5 cm³/mol. The monoisotopic (exact) mass is 340 g/mol. The minimum absolute atomic E-state index is 0.0629. The number of carbonyl (C=O) groups excluding carboxylic acids is 2. The van der Waals surface area contributed by atoms with E-state index in [4.69, 9.17) is 4.74 Å². The number of amides is 2. The van der Waals surface area contributed by atoms with E-state index in [0.717, 1.165) is 11.3 Å². The highest BCUT2D eigenvalue weighted by Crippen LogP contribution is 2.18. The van der Waals surface area contributed by atoms with Crippen molar-refractivity contribution in [2.45, 2.75) is 32.9 Å². The number of hydrogen-bond acceptors (Lipinski definition) is 3. The maximum atomic E-state index is 12.0. The topological polar surface area (TPSA) is 67.4 Å². The van der Waals surface area contributed by atoms with Gasteiger partial charge in [-0.2, -0.15) is 0 Å². The Labute approximate surface area is 148 Å². The molecule has 1 unspecified atom stereocenters. The van der Waals surface area contributed by atoms with Crippen LogP contribution in [0.15, 0.2) is 54.6 Å². The molecule has 0 bridgehead atoms. The van der Waals surface area contributed by atoms with Crippen molar-refractivity contribution in [3.8, 4) is 5.75 Å². The summed E-state index contributed by atoms with van der Waals surface area (Å²) in [5, 5.41) is 5.48. The fraction of sp³-hybridized carbons (Fsp3) is 0.300. The lowest BCUT2D eigenvalue weighted by molar-refractivity contribution is -0.120. The van der Waals surface area contributed by atoms with E-state index < -0.39 is 0 Å². The maximum absolute atomic E-state index is 12.0. The second kappa shape index (κ2) is 8.87. The number of hydrogen-bond donors (Lipinski definition) is 2. The molecule has 0 saturated carbocycles. The first-order valence-electron chi connectivity index (χ1n) is 8.35. The summed E-state index contributed by atoms with van der Waals surface area (Å²) in [6, 6.07) is 16.3. The predicted octanol–water partition coefficient (Wildman–Crippen LogP) is 3.08. The van der Waals surface area contributed by atoms with Crippen LogP contribution in [-0.2, 0) is 4.79 Å². The van der Waals surface area contributed by atoms with E-state index >= 15 is 0 Å². The van der Waals surface area contributed by atoms with Gasteiger partial charge in [-0.05, 0) is 50.6 Å². The second-order valence-electron chi connectivity index (χ2n) is 6.07. The molecule has 2 aromatic carbocycles. The molecule has 2 rings (SSSR count). The van der Waals surface area contributed by atoms with Gasteiger partial charge in [0.1, 0.15) is 5.75 Å². The van der Waals surface area contributed by atoms with Gasteiger partial charge in [0.15, 0.2) is 0 Å². The van der Waals surface area contributed by atoms with Crippen molar-refractivity contribution >= 4 is 11.8 Å². The Hall–Kier alpha value is -2.82. The van der Waals surface area contributed by atoms with Crippen LogP contribution >= 0.6 is 0 Å². The highest BCUT2D eigenvalue weighted by Gasteiger charge is 2.12. The van der Waals surface area contributed by atoms with Gasteiger partial charge in [0.2, 0.25) is 5.91 Å². The third-order valence-corrected chi connectivity index (χ3v) is 3.57. The van der Waals surface area contributed by atoms with Gasteiger partial charge in [-0.25, -0.2) is 0 Å². The molecule has 0 aliphatic carbocycles. The first kappa shape index (κ1) is 18.5. The molecule has 0 aliphatic rings. The lowest BCUT2D eigenvalue weighted by Crippen LogP contribution is -2.38. The molecular formula is C20H24N2O3. The van der Waals surface area contributed by atoms with E-state index in [2.05, 4.69) is 10.6 Å². The Morgan fingerprint density at radius 2 is 1.60 bits per heavy atom. The van der Waals surface area contributed by atoms with E-state index in [9.17, 15) is 9.59 Å². The van der Waals surface area contributed by atoms with Crippen molar-refractivity contribution in [2.24, 2.45) is 0 Å². The zero-order valence-electron chi connectivity index (χ0n) is 14.8. The van der Waals surface area contributed by atoms with E-state index in [1.165, 1.54) is 0 Å². The number of rotatable bonds is 7. The van der Waals surface area contributed by atoms with Crippen molar-refractivity contribution in [2.75, 3.05) is 6.54 Å². The lowest BCUT2D eigenvalue weighted by Gasteiger charge is -2.16. The van der Waals surface area contributed by atoms with Crippen LogP contribution < -0.4 is 15.4 Å². The van der Waals surface area contributed by atoms with Crippen molar-refractivity contribution < 1.29 is 14.3 Å². The summed E-state index contributed by atoms with van der Waals surface area (Å²) < 4.78 is 5.60. The smallest absolute Gasteiger partial charge is 0.251 e. The molecular weight excluding hydrogens is 316 g/mol. The van der Waals surface area contributed by atoms with Crippen LogP contribution in [-0.4, -0.2) is 24.5 Å². The molecule has 2 aromatic rings. The lowest BCUT2D eigenvalue weighted by atomic mass is 10.1. The van der Waals surface area contributed by atoms with Crippen molar-refractivity contribution in [1.82, 2.24) is 10.6 Å². The SMILES string of the molecule is CC(C)Oc1ccc(C(C)NC(=O)CNC(=O)c2ccccc2)cc1. The van der Waals surface area contributed by atoms with Gasteiger partial charge in [-0.15, -0.1) is 0 Å². The minimum atomic E-state index is -0.265. The quantitative estimate of drug-likeness (QED) is 0.814. The maximum Gasteiger partial charge on any atom is 0.251 e. The normalized spacial score (nSPS) is 11.7. The van der Waals surface area contributed by atoms with Gasteiger partial charge in [0, 0.05) is 5.56 Å². The van der Waals surface area contributed by atoms with E-state index in [1.807, 2.05) is 51.1 Å². The van der Waals surface area contributed by atoms with Gasteiger partial charge < -0.3 is 15.4 Å². The Morgan fingerprint density at radius 3 is 2.20 bits per heavy atom. The molecule has 0 spiro atoms. The number of nitrogens with one attached hydrogen (secondary N) is 2. The first-order valence-corrected chi connectivity index (χ1v) is 8.35. The van der Waals surface area contributed by atoms with E-state index in [0.29, 0.717) is 5.56 Å². The summed E-state index contributed by atoms with van der Waals surface area (Å²) in [6.45, 7) is 5.78. The van der Waals surface area contributed by atoms with Crippen molar-refractivity contribution in [3.05, 3.63) is 65.7 Å². The van der Waals surface area contributed by atoms with Gasteiger partial charge in [-0.1, -0.05) is 30.3 Å². The van der Waals surface area contributed by atoms with Gasteiger partial charge in [0.25, 0.3) is 5.91 Å². The molecule has 132 valence electrons. The summed E-state index contributed by atoms with van der Waals surface area (Å²) in [6.07, 6.45) is 0.121. The molecule has 5 heteroatoms. The third-order valence-electron chi connectivity index (χ3n) is 3.57. The van der Waals surface area contributed by atoms with Crippen molar-refractivity contribution in [3.63, 3.8) is 0 Å². The highest BCUT2D eigenvalue weighted by molar-refractivity contribution is 5.96. The zero-order valence-corrected chi connectivity index (χ0v) is 14.8. The Bertz CT molecular complexity index is 697. The molecule has 0 aromatic heterocycles. The largest absolute Gasteiger partial charge is 0.491 e. The van der Waals surface area contributed by atoms with Crippen LogP contribution in [0.5, 0.6) is 5.75 Å². The molecule has 2 amide bonds. The summed E-state index contributed by atoms with van der Waals surface area (Å²) in [4.78, 5) is 23.9. The fourth-order valence-electron chi connectivity index (χ4n) is 2.34.